The third-order valence-electron chi connectivity index (χ3n) is 3.95. The van der Waals surface area contributed by atoms with Gasteiger partial charge in [0.2, 0.25) is 0 Å². The van der Waals surface area contributed by atoms with Crippen molar-refractivity contribution in [3.8, 4) is 17.0 Å². The van der Waals surface area contributed by atoms with Gasteiger partial charge in [0.25, 0.3) is 0 Å². The van der Waals surface area contributed by atoms with Gasteiger partial charge in [-0.15, -0.1) is 0 Å². The largest absolute Gasteiger partial charge is 0.476 e. The van der Waals surface area contributed by atoms with Gasteiger partial charge >= 0.3 is 6.09 Å². The Morgan fingerprint density at radius 1 is 1.46 bits per heavy atom. The van der Waals surface area contributed by atoms with Crippen LogP contribution in [0.2, 0.25) is 0 Å². The SMILES string of the molecule is CC(C)(C)OC(=O)N1CC2(C1)Oc1cnccc1-c1nc(N)sc12. The second-order valence-corrected chi connectivity index (χ2v) is 8.07. The highest BCUT2D eigenvalue weighted by Gasteiger charge is 2.55. The summed E-state index contributed by atoms with van der Waals surface area (Å²) in [6, 6.07) is 1.87. The van der Waals surface area contributed by atoms with Crippen LogP contribution >= 0.6 is 11.3 Å². The van der Waals surface area contributed by atoms with Crippen LogP contribution in [-0.2, 0) is 10.3 Å². The van der Waals surface area contributed by atoms with E-state index in [9.17, 15) is 4.79 Å². The molecule has 0 aromatic carbocycles. The average molecular weight is 346 g/mol. The normalized spacial score (nSPS) is 17.5. The lowest BCUT2D eigenvalue weighted by molar-refractivity contribution is -0.0856. The number of nitrogen functional groups attached to an aromatic ring is 1. The summed E-state index contributed by atoms with van der Waals surface area (Å²) in [6.07, 6.45) is 3.03. The number of fused-ring (bicyclic) bond motifs is 4. The van der Waals surface area contributed by atoms with Gasteiger partial charge in [0.05, 0.1) is 29.9 Å². The Labute approximate surface area is 143 Å². The van der Waals surface area contributed by atoms with Gasteiger partial charge in [-0.1, -0.05) is 11.3 Å². The molecule has 2 aromatic rings. The third kappa shape index (κ3) is 2.29. The molecule has 2 N–H and O–H groups in total. The maximum absolute atomic E-state index is 12.2. The van der Waals surface area contributed by atoms with E-state index in [2.05, 4.69) is 9.97 Å². The third-order valence-corrected chi connectivity index (χ3v) is 5.02. The zero-order valence-electron chi connectivity index (χ0n) is 13.7. The van der Waals surface area contributed by atoms with E-state index < -0.39 is 11.2 Å². The van der Waals surface area contributed by atoms with Crippen LogP contribution in [0.25, 0.3) is 11.3 Å². The zero-order chi connectivity index (χ0) is 17.1. The number of likely N-dealkylation sites (tertiary alicyclic amines) is 1. The predicted molar refractivity (Wildman–Crippen MR) is 89.9 cm³/mol. The fourth-order valence-corrected chi connectivity index (χ4v) is 3.93. The summed E-state index contributed by atoms with van der Waals surface area (Å²) in [7, 11) is 0. The van der Waals surface area contributed by atoms with Gasteiger partial charge in [0, 0.05) is 11.8 Å². The van der Waals surface area contributed by atoms with Crippen LogP contribution in [0.15, 0.2) is 18.5 Å². The average Bonchev–Trinajstić information content (AvgIpc) is 2.84. The molecule has 0 bridgehead atoms. The molecule has 0 unspecified atom stereocenters. The van der Waals surface area contributed by atoms with Crippen molar-refractivity contribution in [1.82, 2.24) is 14.9 Å². The summed E-state index contributed by atoms with van der Waals surface area (Å²) >= 11 is 1.41. The number of rotatable bonds is 0. The molecule has 7 nitrogen and oxygen atoms in total. The first-order valence-corrected chi connectivity index (χ1v) is 8.47. The van der Waals surface area contributed by atoms with Crippen LogP contribution in [0, 0.1) is 0 Å². The lowest BCUT2D eigenvalue weighted by atomic mass is 9.87. The van der Waals surface area contributed by atoms with Crippen molar-refractivity contribution < 1.29 is 14.3 Å². The van der Waals surface area contributed by atoms with Crippen LogP contribution in [-0.4, -0.2) is 39.7 Å². The van der Waals surface area contributed by atoms with E-state index in [1.807, 2.05) is 26.8 Å². The molecule has 4 rings (SSSR count). The Hall–Kier alpha value is -2.35. The molecule has 0 aliphatic carbocycles. The maximum atomic E-state index is 12.2. The van der Waals surface area contributed by atoms with Crippen molar-refractivity contribution in [3.63, 3.8) is 0 Å². The number of carbonyl (C=O) groups is 1. The molecule has 1 saturated heterocycles. The number of ether oxygens (including phenoxy) is 2. The topological polar surface area (TPSA) is 90.6 Å². The Bertz CT molecular complexity index is 821. The molecule has 0 atom stereocenters. The van der Waals surface area contributed by atoms with Crippen molar-refractivity contribution in [2.24, 2.45) is 0 Å². The quantitative estimate of drug-likeness (QED) is 0.788. The maximum Gasteiger partial charge on any atom is 0.410 e. The van der Waals surface area contributed by atoms with E-state index in [0.717, 1.165) is 16.1 Å². The number of nitrogens with two attached hydrogens (primary N) is 1. The van der Waals surface area contributed by atoms with Crippen LogP contribution in [0.4, 0.5) is 9.93 Å². The minimum absolute atomic E-state index is 0.340. The Morgan fingerprint density at radius 2 is 2.21 bits per heavy atom. The lowest BCUT2D eigenvalue weighted by Crippen LogP contribution is -2.65. The van der Waals surface area contributed by atoms with E-state index in [4.69, 9.17) is 15.2 Å². The second kappa shape index (κ2) is 4.83. The van der Waals surface area contributed by atoms with Crippen LogP contribution in [0.1, 0.15) is 25.6 Å². The number of hydrogen-bond acceptors (Lipinski definition) is 7. The molecule has 0 saturated carbocycles. The van der Waals surface area contributed by atoms with E-state index in [-0.39, 0.29) is 6.09 Å². The molecule has 1 fully saturated rings. The molecule has 126 valence electrons. The zero-order valence-corrected chi connectivity index (χ0v) is 14.5. The summed E-state index contributed by atoms with van der Waals surface area (Å²) < 4.78 is 11.6. The van der Waals surface area contributed by atoms with E-state index in [0.29, 0.717) is 24.0 Å². The molecule has 8 heteroatoms. The van der Waals surface area contributed by atoms with Gasteiger partial charge in [-0.2, -0.15) is 0 Å². The highest BCUT2D eigenvalue weighted by molar-refractivity contribution is 7.16. The minimum Gasteiger partial charge on any atom is -0.476 e. The van der Waals surface area contributed by atoms with Crippen molar-refractivity contribution in [3.05, 3.63) is 23.3 Å². The van der Waals surface area contributed by atoms with Crippen molar-refractivity contribution in [1.29, 1.82) is 0 Å². The van der Waals surface area contributed by atoms with Gasteiger partial charge < -0.3 is 15.2 Å². The van der Waals surface area contributed by atoms with E-state index in [1.165, 1.54) is 11.3 Å². The Balaban J connectivity index is 1.64. The second-order valence-electron chi connectivity index (χ2n) is 7.03. The number of thiazole rings is 1. The first-order valence-electron chi connectivity index (χ1n) is 7.66. The first kappa shape index (κ1) is 15.2. The predicted octanol–water partition coefficient (Wildman–Crippen LogP) is 2.63. The number of aromatic nitrogens is 2. The molecule has 2 aliphatic heterocycles. The molecule has 2 aliphatic rings. The van der Waals surface area contributed by atoms with Crippen LogP contribution < -0.4 is 10.5 Å². The molecule has 2 aromatic heterocycles. The van der Waals surface area contributed by atoms with Crippen LogP contribution in [0.5, 0.6) is 5.75 Å². The number of anilines is 1. The van der Waals surface area contributed by atoms with Crippen LogP contribution in [0.3, 0.4) is 0 Å². The molecular formula is C16H18N4O3S. The highest BCUT2D eigenvalue weighted by atomic mass is 32.1. The highest BCUT2D eigenvalue weighted by Crippen LogP contribution is 2.51. The summed E-state index contributed by atoms with van der Waals surface area (Å²) in [5.41, 5.74) is 6.49. The van der Waals surface area contributed by atoms with Gasteiger partial charge in [0.1, 0.15) is 11.4 Å². The summed E-state index contributed by atoms with van der Waals surface area (Å²) in [6.45, 7) is 6.36. The minimum atomic E-state index is -0.614. The lowest BCUT2D eigenvalue weighted by Gasteiger charge is -2.50. The Morgan fingerprint density at radius 3 is 2.92 bits per heavy atom. The van der Waals surface area contributed by atoms with Gasteiger partial charge in [-0.25, -0.2) is 9.78 Å². The summed E-state index contributed by atoms with van der Waals surface area (Å²) in [5.74, 6) is 0.666. The number of pyridine rings is 1. The number of carbonyl (C=O) groups excluding carboxylic acids is 1. The summed E-state index contributed by atoms with van der Waals surface area (Å²) in [4.78, 5) is 23.4. The fourth-order valence-electron chi connectivity index (χ4n) is 2.98. The van der Waals surface area contributed by atoms with Crippen molar-refractivity contribution >= 4 is 22.6 Å². The molecule has 0 radical (unpaired) electrons. The standard InChI is InChI=1S/C16H18N4O3S/c1-15(2,3)23-14(21)20-7-16(8-20)12-11(19-13(17)24-12)9-4-5-18-6-10(9)22-16/h4-6H,7-8H2,1-3H3,(H2,17,19). The van der Waals surface area contributed by atoms with E-state index >= 15 is 0 Å². The summed E-state index contributed by atoms with van der Waals surface area (Å²) in [5, 5.41) is 0.489. The van der Waals surface area contributed by atoms with E-state index in [1.54, 1.807) is 17.3 Å². The number of amides is 1. The molecular weight excluding hydrogens is 328 g/mol. The molecule has 24 heavy (non-hydrogen) atoms. The van der Waals surface area contributed by atoms with Gasteiger partial charge in [0.15, 0.2) is 10.7 Å². The number of nitrogens with zero attached hydrogens (tertiary/aromatic N) is 3. The number of hydrogen-bond donors (Lipinski definition) is 1. The smallest absolute Gasteiger partial charge is 0.410 e. The Kier molecular flexibility index (Phi) is 3.05. The van der Waals surface area contributed by atoms with Crippen molar-refractivity contribution in [2.75, 3.05) is 18.8 Å². The molecule has 4 heterocycles. The van der Waals surface area contributed by atoms with Gasteiger partial charge in [-0.3, -0.25) is 9.88 Å². The monoisotopic (exact) mass is 346 g/mol. The fraction of sp³-hybridized carbons (Fsp3) is 0.438. The molecule has 1 amide bonds. The molecule has 1 spiro atoms. The first-order chi connectivity index (χ1) is 11.3. The van der Waals surface area contributed by atoms with Gasteiger partial charge in [-0.05, 0) is 26.8 Å². The van der Waals surface area contributed by atoms with Crippen molar-refractivity contribution in [2.45, 2.75) is 32.0 Å².